The molecule has 0 radical (unpaired) electrons. The average molecular weight is 339 g/mol. The van der Waals surface area contributed by atoms with E-state index in [-0.39, 0.29) is 12.4 Å². The number of aliphatic hydroxyl groups excluding tert-OH is 1. The summed E-state index contributed by atoms with van der Waals surface area (Å²) in [7, 11) is 0. The number of hydrogen-bond acceptors (Lipinski definition) is 2. The Hall–Kier alpha value is -1.20. The maximum atomic E-state index is 14.1. The van der Waals surface area contributed by atoms with Crippen LogP contribution in [-0.4, -0.2) is 21.3 Å². The van der Waals surface area contributed by atoms with E-state index >= 15 is 0 Å². The fraction of sp³-hybridized carbons (Fsp3) is 0.400. The minimum atomic E-state index is -0.275. The molecular weight excluding hydrogens is 323 g/mol. The van der Waals surface area contributed by atoms with Crippen molar-refractivity contribution in [3.05, 3.63) is 40.0 Å². The summed E-state index contributed by atoms with van der Waals surface area (Å²) in [6.07, 6.45) is 3.67. The van der Waals surface area contributed by atoms with Gasteiger partial charge in [-0.3, -0.25) is 0 Å². The van der Waals surface area contributed by atoms with Crippen LogP contribution in [0.4, 0.5) is 4.39 Å². The van der Waals surface area contributed by atoms with Crippen LogP contribution in [0, 0.1) is 5.82 Å². The van der Waals surface area contributed by atoms with E-state index in [0.717, 1.165) is 41.8 Å². The third kappa shape index (κ3) is 2.40. The molecule has 2 aromatic rings. The topological polar surface area (TPSA) is 38.1 Å². The molecule has 3 nitrogen and oxygen atoms in total. The highest BCUT2D eigenvalue weighted by Gasteiger charge is 2.22. The number of rotatable bonds is 3. The van der Waals surface area contributed by atoms with E-state index in [1.165, 1.54) is 6.07 Å². The number of halogens is 2. The SMILES string of the molecule is OCCc1c(-c2cc(Br)ccc2F)nc2n1CCCC2. The summed E-state index contributed by atoms with van der Waals surface area (Å²) in [4.78, 5) is 4.63. The van der Waals surface area contributed by atoms with Gasteiger partial charge in [0.25, 0.3) is 0 Å². The van der Waals surface area contributed by atoms with Gasteiger partial charge in [-0.25, -0.2) is 9.37 Å². The molecule has 0 saturated heterocycles. The van der Waals surface area contributed by atoms with E-state index in [0.29, 0.717) is 17.7 Å². The van der Waals surface area contributed by atoms with Crippen molar-refractivity contribution in [3.63, 3.8) is 0 Å². The van der Waals surface area contributed by atoms with Gasteiger partial charge in [-0.15, -0.1) is 0 Å². The largest absolute Gasteiger partial charge is 0.396 e. The number of hydrogen-bond donors (Lipinski definition) is 1. The monoisotopic (exact) mass is 338 g/mol. The standard InChI is InChI=1S/C15H16BrFN2O/c16-10-4-5-12(17)11(9-10)15-13(6-8-20)19-7-2-1-3-14(19)18-15/h4-5,9,20H,1-3,6-8H2. The predicted molar refractivity (Wildman–Crippen MR) is 79.0 cm³/mol. The maximum Gasteiger partial charge on any atom is 0.132 e. The zero-order valence-corrected chi connectivity index (χ0v) is 12.7. The van der Waals surface area contributed by atoms with Crippen molar-refractivity contribution < 1.29 is 9.50 Å². The van der Waals surface area contributed by atoms with Crippen molar-refractivity contribution in [2.75, 3.05) is 6.61 Å². The third-order valence-corrected chi connectivity index (χ3v) is 4.21. The smallest absolute Gasteiger partial charge is 0.132 e. The second-order valence-electron chi connectivity index (χ2n) is 5.03. The first-order valence-electron chi connectivity index (χ1n) is 6.85. The van der Waals surface area contributed by atoms with Crippen LogP contribution in [0.1, 0.15) is 24.4 Å². The fourth-order valence-electron chi connectivity index (χ4n) is 2.80. The Morgan fingerprint density at radius 1 is 1.35 bits per heavy atom. The van der Waals surface area contributed by atoms with Gasteiger partial charge in [0.05, 0.1) is 5.69 Å². The zero-order valence-electron chi connectivity index (χ0n) is 11.1. The lowest BCUT2D eigenvalue weighted by atomic mass is 10.1. The van der Waals surface area contributed by atoms with Gasteiger partial charge < -0.3 is 9.67 Å². The Morgan fingerprint density at radius 3 is 3.00 bits per heavy atom. The number of fused-ring (bicyclic) bond motifs is 1. The summed E-state index contributed by atoms with van der Waals surface area (Å²) in [5.74, 6) is 0.733. The van der Waals surface area contributed by atoms with Gasteiger partial charge in [0.2, 0.25) is 0 Å². The summed E-state index contributed by atoms with van der Waals surface area (Å²) in [5.41, 5.74) is 2.12. The second kappa shape index (κ2) is 5.66. The molecular formula is C15H16BrFN2O. The molecule has 2 heterocycles. The molecule has 0 amide bonds. The van der Waals surface area contributed by atoms with Gasteiger partial charge >= 0.3 is 0 Å². The minimum Gasteiger partial charge on any atom is -0.396 e. The zero-order chi connectivity index (χ0) is 14.1. The van der Waals surface area contributed by atoms with Crippen LogP contribution in [0.5, 0.6) is 0 Å². The first kappa shape index (κ1) is 13.8. The molecule has 1 aliphatic heterocycles. The predicted octanol–water partition coefficient (Wildman–Crippen LogP) is 3.32. The van der Waals surface area contributed by atoms with Crippen molar-refractivity contribution >= 4 is 15.9 Å². The quantitative estimate of drug-likeness (QED) is 0.932. The molecule has 0 aliphatic carbocycles. The normalized spacial score (nSPS) is 14.3. The third-order valence-electron chi connectivity index (χ3n) is 3.72. The lowest BCUT2D eigenvalue weighted by Gasteiger charge is -2.16. The van der Waals surface area contributed by atoms with Crippen molar-refractivity contribution in [1.29, 1.82) is 0 Å². The maximum absolute atomic E-state index is 14.1. The Kier molecular flexibility index (Phi) is 3.89. The molecule has 0 bridgehead atoms. The molecule has 3 rings (SSSR count). The summed E-state index contributed by atoms with van der Waals surface area (Å²) < 4.78 is 17.1. The van der Waals surface area contributed by atoms with Crippen LogP contribution in [-0.2, 0) is 19.4 Å². The summed E-state index contributed by atoms with van der Waals surface area (Å²) in [6.45, 7) is 0.959. The minimum absolute atomic E-state index is 0.0494. The van der Waals surface area contributed by atoms with E-state index in [1.54, 1.807) is 12.1 Å². The first-order chi connectivity index (χ1) is 9.70. The van der Waals surface area contributed by atoms with Gasteiger partial charge in [-0.1, -0.05) is 15.9 Å². The van der Waals surface area contributed by atoms with Crippen LogP contribution in [0.25, 0.3) is 11.3 Å². The Morgan fingerprint density at radius 2 is 2.20 bits per heavy atom. The molecule has 0 atom stereocenters. The van der Waals surface area contributed by atoms with Crippen molar-refractivity contribution in [3.8, 4) is 11.3 Å². The van der Waals surface area contributed by atoms with Crippen LogP contribution < -0.4 is 0 Å². The molecule has 1 aromatic carbocycles. The van der Waals surface area contributed by atoms with Crippen LogP contribution in [0.3, 0.4) is 0 Å². The molecule has 0 spiro atoms. The van der Waals surface area contributed by atoms with Crippen LogP contribution in [0.2, 0.25) is 0 Å². The molecule has 1 N–H and O–H groups in total. The van der Waals surface area contributed by atoms with Gasteiger partial charge in [0, 0.05) is 41.7 Å². The van der Waals surface area contributed by atoms with E-state index in [1.807, 2.05) is 0 Å². The highest BCUT2D eigenvalue weighted by Crippen LogP contribution is 2.31. The van der Waals surface area contributed by atoms with Crippen molar-refractivity contribution in [2.24, 2.45) is 0 Å². The summed E-state index contributed by atoms with van der Waals surface area (Å²) in [6, 6.07) is 4.88. The Balaban J connectivity index is 2.17. The molecule has 1 aromatic heterocycles. The fourth-order valence-corrected chi connectivity index (χ4v) is 3.16. The van der Waals surface area contributed by atoms with Gasteiger partial charge in [-0.05, 0) is 31.0 Å². The van der Waals surface area contributed by atoms with Crippen LogP contribution in [0.15, 0.2) is 22.7 Å². The number of nitrogens with zero attached hydrogens (tertiary/aromatic N) is 2. The van der Waals surface area contributed by atoms with Crippen molar-refractivity contribution in [2.45, 2.75) is 32.2 Å². The molecule has 0 fully saturated rings. The number of aromatic nitrogens is 2. The lowest BCUT2D eigenvalue weighted by molar-refractivity contribution is 0.295. The summed E-state index contributed by atoms with van der Waals surface area (Å²) in [5, 5.41) is 9.29. The highest BCUT2D eigenvalue weighted by molar-refractivity contribution is 9.10. The number of aliphatic hydroxyl groups is 1. The van der Waals surface area contributed by atoms with Crippen molar-refractivity contribution in [1.82, 2.24) is 9.55 Å². The van der Waals surface area contributed by atoms with E-state index in [4.69, 9.17) is 0 Å². The van der Waals surface area contributed by atoms with Gasteiger partial charge in [0.1, 0.15) is 11.6 Å². The summed E-state index contributed by atoms with van der Waals surface area (Å²) >= 11 is 3.38. The van der Waals surface area contributed by atoms with E-state index in [2.05, 4.69) is 25.5 Å². The average Bonchev–Trinajstić information content (AvgIpc) is 2.81. The Bertz CT molecular complexity index is 639. The number of aryl methyl sites for hydroxylation is 1. The molecule has 0 unspecified atom stereocenters. The van der Waals surface area contributed by atoms with E-state index < -0.39 is 0 Å². The molecule has 20 heavy (non-hydrogen) atoms. The Labute approximate surface area is 125 Å². The molecule has 1 aliphatic rings. The van der Waals surface area contributed by atoms with Gasteiger partial charge in [0.15, 0.2) is 0 Å². The molecule has 5 heteroatoms. The number of benzene rings is 1. The molecule has 0 saturated carbocycles. The van der Waals surface area contributed by atoms with Gasteiger partial charge in [-0.2, -0.15) is 0 Å². The van der Waals surface area contributed by atoms with Crippen LogP contribution >= 0.6 is 15.9 Å². The lowest BCUT2D eigenvalue weighted by Crippen LogP contribution is -2.13. The second-order valence-corrected chi connectivity index (χ2v) is 5.95. The number of imidazole rings is 1. The highest BCUT2D eigenvalue weighted by atomic mass is 79.9. The molecule has 106 valence electrons. The first-order valence-corrected chi connectivity index (χ1v) is 7.64. The van der Waals surface area contributed by atoms with E-state index in [9.17, 15) is 9.50 Å².